The normalized spacial score (nSPS) is 24.2. The number of halogens is 1. The second kappa shape index (κ2) is 8.17. The molecular formula is C24H21FN2O5S. The van der Waals surface area contributed by atoms with E-state index in [-0.39, 0.29) is 29.2 Å². The number of fused-ring (bicyclic) bond motifs is 2. The van der Waals surface area contributed by atoms with Gasteiger partial charge in [-0.05, 0) is 60.5 Å². The van der Waals surface area contributed by atoms with Gasteiger partial charge in [0.1, 0.15) is 17.3 Å². The molecule has 33 heavy (non-hydrogen) atoms. The molecule has 2 aromatic rings. The van der Waals surface area contributed by atoms with E-state index >= 15 is 0 Å². The first-order valence-corrected chi connectivity index (χ1v) is 11.9. The summed E-state index contributed by atoms with van der Waals surface area (Å²) in [4.78, 5) is 12.2. The van der Waals surface area contributed by atoms with Gasteiger partial charge in [0.2, 0.25) is 10.0 Å². The Morgan fingerprint density at radius 1 is 1.03 bits per heavy atom. The van der Waals surface area contributed by atoms with Crippen LogP contribution in [0.1, 0.15) is 6.42 Å². The molecule has 0 radical (unpaired) electrons. The van der Waals surface area contributed by atoms with E-state index in [9.17, 15) is 22.7 Å². The maximum absolute atomic E-state index is 13.4. The Morgan fingerprint density at radius 2 is 1.67 bits per heavy atom. The number of rotatable bonds is 5. The monoisotopic (exact) mass is 468 g/mol. The molecule has 9 heteroatoms. The summed E-state index contributed by atoms with van der Waals surface area (Å²) in [5.74, 6) is -0.787. The fourth-order valence-corrected chi connectivity index (χ4v) is 6.10. The number of aliphatic carboxylic acids is 1. The molecule has 3 atom stereocenters. The highest BCUT2D eigenvalue weighted by Gasteiger charge is 2.47. The number of nitrogens with zero attached hydrogens (tertiary/aromatic N) is 1. The van der Waals surface area contributed by atoms with Crippen molar-refractivity contribution in [2.24, 2.45) is 5.92 Å². The summed E-state index contributed by atoms with van der Waals surface area (Å²) < 4.78 is 46.5. The Balaban J connectivity index is 1.41. The van der Waals surface area contributed by atoms with Crippen molar-refractivity contribution in [2.75, 3.05) is 6.54 Å². The molecule has 5 rings (SSSR count). The smallest absolute Gasteiger partial charge is 0.328 e. The van der Waals surface area contributed by atoms with Crippen molar-refractivity contribution >= 4 is 16.0 Å². The average molecular weight is 469 g/mol. The van der Waals surface area contributed by atoms with Crippen molar-refractivity contribution in [1.29, 1.82) is 0 Å². The number of carboxylic acid groups (broad SMARTS) is 1. The summed E-state index contributed by atoms with van der Waals surface area (Å²) in [5, 5.41) is 13.2. The lowest BCUT2D eigenvalue weighted by atomic mass is 9.87. The summed E-state index contributed by atoms with van der Waals surface area (Å²) in [5.41, 5.74) is 1.40. The highest BCUT2D eigenvalue weighted by molar-refractivity contribution is 7.89. The van der Waals surface area contributed by atoms with Gasteiger partial charge in [-0.3, -0.25) is 4.79 Å². The molecule has 0 fully saturated rings. The van der Waals surface area contributed by atoms with Crippen LogP contribution in [-0.4, -0.2) is 42.4 Å². The van der Waals surface area contributed by atoms with E-state index in [0.717, 1.165) is 9.88 Å². The number of carboxylic acids is 1. The van der Waals surface area contributed by atoms with Crippen LogP contribution in [0.25, 0.3) is 0 Å². The Kier molecular flexibility index (Phi) is 5.30. The Bertz CT molecular complexity index is 1280. The van der Waals surface area contributed by atoms with E-state index in [1.807, 2.05) is 24.3 Å². The van der Waals surface area contributed by atoms with E-state index in [2.05, 4.69) is 5.32 Å². The minimum absolute atomic E-state index is 0.0283. The molecule has 1 aliphatic carbocycles. The predicted octanol–water partition coefficient (Wildman–Crippen LogP) is 3.43. The zero-order valence-electron chi connectivity index (χ0n) is 17.4. The lowest BCUT2D eigenvalue weighted by Gasteiger charge is -2.33. The SMILES string of the molecule is O=C(O)C1C2=C(CCN1S(=O)(=O)c1ccc(Oc3ccc(F)cc3)cc1)C1C=CC=CC1N2. The fraction of sp³-hybridized carbons (Fsp3) is 0.208. The van der Waals surface area contributed by atoms with Gasteiger partial charge in [0, 0.05) is 18.2 Å². The van der Waals surface area contributed by atoms with Gasteiger partial charge in [-0.1, -0.05) is 24.3 Å². The molecule has 0 saturated carbocycles. The first kappa shape index (κ1) is 21.4. The van der Waals surface area contributed by atoms with E-state index < -0.39 is 22.0 Å². The Morgan fingerprint density at radius 3 is 2.33 bits per heavy atom. The van der Waals surface area contributed by atoms with Crippen LogP contribution in [-0.2, 0) is 14.8 Å². The maximum atomic E-state index is 13.4. The van der Waals surface area contributed by atoms with Gasteiger partial charge in [-0.25, -0.2) is 12.8 Å². The molecule has 0 spiro atoms. The topological polar surface area (TPSA) is 95.9 Å². The van der Waals surface area contributed by atoms with Gasteiger partial charge < -0.3 is 15.2 Å². The van der Waals surface area contributed by atoms with Crippen molar-refractivity contribution in [3.8, 4) is 11.5 Å². The minimum Gasteiger partial charge on any atom is -0.480 e. The molecule has 170 valence electrons. The number of benzene rings is 2. The van der Waals surface area contributed by atoms with Crippen molar-refractivity contribution < 1.29 is 27.4 Å². The van der Waals surface area contributed by atoms with Gasteiger partial charge in [-0.15, -0.1) is 0 Å². The molecular weight excluding hydrogens is 447 g/mol. The second-order valence-corrected chi connectivity index (χ2v) is 9.93. The lowest BCUT2D eigenvalue weighted by molar-refractivity contribution is -0.140. The zero-order chi connectivity index (χ0) is 23.2. The summed E-state index contributed by atoms with van der Waals surface area (Å²) in [6, 6.07) is 9.80. The summed E-state index contributed by atoms with van der Waals surface area (Å²) >= 11 is 0. The lowest BCUT2D eigenvalue weighted by Crippen LogP contribution is -2.51. The van der Waals surface area contributed by atoms with E-state index in [1.165, 1.54) is 48.5 Å². The second-order valence-electron chi connectivity index (χ2n) is 8.04. The third kappa shape index (κ3) is 3.83. The number of nitrogens with one attached hydrogen (secondary N) is 1. The molecule has 3 aliphatic rings. The maximum Gasteiger partial charge on any atom is 0.328 e. The molecule has 0 amide bonds. The zero-order valence-corrected chi connectivity index (χ0v) is 18.2. The Hall–Kier alpha value is -3.43. The molecule has 0 aromatic heterocycles. The first-order valence-electron chi connectivity index (χ1n) is 10.5. The Labute approximate surface area is 190 Å². The van der Waals surface area contributed by atoms with Crippen LogP contribution >= 0.6 is 0 Å². The number of hydrogen-bond acceptors (Lipinski definition) is 5. The number of ether oxygens (including phenoxy) is 1. The minimum atomic E-state index is -4.09. The number of carbonyl (C=O) groups is 1. The predicted molar refractivity (Wildman–Crippen MR) is 119 cm³/mol. The van der Waals surface area contributed by atoms with Gasteiger partial charge >= 0.3 is 5.97 Å². The quantitative estimate of drug-likeness (QED) is 0.698. The third-order valence-electron chi connectivity index (χ3n) is 6.08. The number of hydrogen-bond donors (Lipinski definition) is 2. The average Bonchev–Trinajstić information content (AvgIpc) is 3.19. The largest absolute Gasteiger partial charge is 0.480 e. The molecule has 2 aliphatic heterocycles. The van der Waals surface area contributed by atoms with Crippen LogP contribution in [0.2, 0.25) is 0 Å². The van der Waals surface area contributed by atoms with Gasteiger partial charge in [-0.2, -0.15) is 4.31 Å². The number of sulfonamides is 1. The molecule has 2 aromatic carbocycles. The van der Waals surface area contributed by atoms with E-state index in [4.69, 9.17) is 4.74 Å². The van der Waals surface area contributed by atoms with Gasteiger partial charge in [0.15, 0.2) is 6.04 Å². The van der Waals surface area contributed by atoms with Crippen LogP contribution in [0.4, 0.5) is 4.39 Å². The molecule has 2 heterocycles. The van der Waals surface area contributed by atoms with Crippen LogP contribution < -0.4 is 10.1 Å². The molecule has 3 unspecified atom stereocenters. The van der Waals surface area contributed by atoms with Gasteiger partial charge in [0.25, 0.3) is 0 Å². The van der Waals surface area contributed by atoms with E-state index in [0.29, 0.717) is 23.6 Å². The van der Waals surface area contributed by atoms with E-state index in [1.54, 1.807) is 0 Å². The molecule has 7 nitrogen and oxygen atoms in total. The van der Waals surface area contributed by atoms with Crippen molar-refractivity contribution in [3.05, 3.63) is 89.9 Å². The fourth-order valence-electron chi connectivity index (χ4n) is 4.55. The van der Waals surface area contributed by atoms with Crippen molar-refractivity contribution in [3.63, 3.8) is 0 Å². The van der Waals surface area contributed by atoms with Crippen LogP contribution in [0.5, 0.6) is 11.5 Å². The molecule has 2 N–H and O–H groups in total. The van der Waals surface area contributed by atoms with Crippen molar-refractivity contribution in [2.45, 2.75) is 23.4 Å². The highest BCUT2D eigenvalue weighted by Crippen LogP contribution is 2.39. The van der Waals surface area contributed by atoms with Crippen LogP contribution in [0.3, 0.4) is 0 Å². The summed E-state index contributed by atoms with van der Waals surface area (Å²) in [6.45, 7) is 0.0778. The third-order valence-corrected chi connectivity index (χ3v) is 7.96. The first-order chi connectivity index (χ1) is 15.8. The molecule has 0 saturated heterocycles. The standard InChI is InChI=1S/C24H21FN2O5S/c25-15-5-7-16(8-6-15)32-17-9-11-18(12-10-17)33(30,31)27-14-13-20-19-3-1-2-4-21(19)26-22(20)23(27)24(28)29/h1-12,19,21,23,26H,13-14H2,(H,28,29). The molecule has 0 bridgehead atoms. The van der Waals surface area contributed by atoms with Crippen LogP contribution in [0, 0.1) is 11.7 Å². The van der Waals surface area contributed by atoms with Crippen molar-refractivity contribution in [1.82, 2.24) is 9.62 Å². The summed E-state index contributed by atoms with van der Waals surface area (Å²) in [7, 11) is -4.09. The number of allylic oxidation sites excluding steroid dienone is 2. The summed E-state index contributed by atoms with van der Waals surface area (Å²) in [6.07, 6.45) is 8.25. The highest BCUT2D eigenvalue weighted by atomic mass is 32.2. The van der Waals surface area contributed by atoms with Gasteiger partial charge in [0.05, 0.1) is 10.9 Å². The van der Waals surface area contributed by atoms with Crippen LogP contribution in [0.15, 0.2) is 89.0 Å².